The summed E-state index contributed by atoms with van der Waals surface area (Å²) >= 11 is 0. The van der Waals surface area contributed by atoms with Crippen LogP contribution in [0.15, 0.2) is 24.3 Å². The van der Waals surface area contributed by atoms with E-state index in [0.29, 0.717) is 12.8 Å². The number of carbonyl (C=O) groups is 1. The number of nitrogens with zero attached hydrogens (tertiary/aromatic N) is 1. The minimum atomic E-state index is -4.54. The molecule has 148 valence electrons. The molecule has 0 radical (unpaired) electrons. The highest BCUT2D eigenvalue weighted by Gasteiger charge is 2.39. The fraction of sp³-hybridized carbons (Fsp3) is 0.588. The number of hydrogen-bond acceptors (Lipinski definition) is 4. The van der Waals surface area contributed by atoms with Crippen LogP contribution in [0.25, 0.3) is 0 Å². The lowest BCUT2D eigenvalue weighted by Crippen LogP contribution is -2.54. The molecule has 26 heavy (non-hydrogen) atoms. The summed E-state index contributed by atoms with van der Waals surface area (Å²) in [5, 5.41) is 10.0. The molecule has 9 heteroatoms. The second-order valence-electron chi connectivity index (χ2n) is 6.51. The van der Waals surface area contributed by atoms with Crippen LogP contribution in [0.2, 0.25) is 0 Å². The number of aliphatic hydroxyl groups is 1. The van der Waals surface area contributed by atoms with Crippen molar-refractivity contribution in [1.82, 2.24) is 4.90 Å². The number of hydrogen-bond donors (Lipinski definition) is 2. The van der Waals surface area contributed by atoms with E-state index in [2.05, 4.69) is 0 Å². The number of nitrogens with two attached hydrogens (primary N) is 1. The quantitative estimate of drug-likeness (QED) is 0.775. The first-order chi connectivity index (χ1) is 11.6. The molecule has 1 fully saturated rings. The number of carbonyl (C=O) groups excluding carboxylic acids is 1. The van der Waals surface area contributed by atoms with Crippen LogP contribution in [-0.4, -0.2) is 47.8 Å². The predicted octanol–water partition coefficient (Wildman–Crippen LogP) is 2.60. The summed E-state index contributed by atoms with van der Waals surface area (Å²) in [6.45, 7) is -0.422. The van der Waals surface area contributed by atoms with Gasteiger partial charge in [-0.3, -0.25) is 4.79 Å². The van der Waals surface area contributed by atoms with E-state index in [4.69, 9.17) is 10.5 Å². The van der Waals surface area contributed by atoms with Gasteiger partial charge in [0.1, 0.15) is 18.5 Å². The molecule has 1 aliphatic carbocycles. The standard InChI is InChI=1S/C17H23F3N2O3.ClH/c1-22(15(24)16(21)8-4-5-9-16)10-12(23)11-25-14-7-3-2-6-13(14)17(18,19)20;/h2-3,6-7,12,23H,4-5,8-11,21H2,1H3;1H. The van der Waals surface area contributed by atoms with Gasteiger partial charge in [0.15, 0.2) is 0 Å². The number of amides is 1. The lowest BCUT2D eigenvalue weighted by Gasteiger charge is -2.30. The number of para-hydroxylation sites is 1. The third kappa shape index (κ3) is 5.49. The molecule has 0 aromatic heterocycles. The highest BCUT2D eigenvalue weighted by atomic mass is 35.5. The first-order valence-corrected chi connectivity index (χ1v) is 8.15. The molecule has 5 nitrogen and oxygen atoms in total. The van der Waals surface area contributed by atoms with Crippen molar-refractivity contribution in [3.63, 3.8) is 0 Å². The van der Waals surface area contributed by atoms with Gasteiger partial charge in [0.05, 0.1) is 11.1 Å². The van der Waals surface area contributed by atoms with E-state index in [1.165, 1.54) is 30.1 Å². The van der Waals surface area contributed by atoms with Crippen molar-refractivity contribution < 1.29 is 27.8 Å². The molecule has 1 atom stereocenters. The van der Waals surface area contributed by atoms with Crippen molar-refractivity contribution in [3.8, 4) is 5.75 Å². The van der Waals surface area contributed by atoms with E-state index >= 15 is 0 Å². The summed E-state index contributed by atoms with van der Waals surface area (Å²) in [5.74, 6) is -0.617. The zero-order valence-corrected chi connectivity index (χ0v) is 15.3. The summed E-state index contributed by atoms with van der Waals surface area (Å²) in [5.41, 5.74) is 4.27. The van der Waals surface area contributed by atoms with Gasteiger partial charge in [0.25, 0.3) is 0 Å². The third-order valence-corrected chi connectivity index (χ3v) is 4.38. The van der Waals surface area contributed by atoms with Crippen molar-refractivity contribution in [2.45, 2.75) is 43.5 Å². The minimum absolute atomic E-state index is 0. The Morgan fingerprint density at radius 3 is 2.50 bits per heavy atom. The molecule has 0 saturated heterocycles. The second kappa shape index (κ2) is 8.92. The molecule has 1 amide bonds. The minimum Gasteiger partial charge on any atom is -0.490 e. The number of rotatable bonds is 6. The van der Waals surface area contributed by atoms with E-state index in [1.807, 2.05) is 0 Å². The molecule has 1 aromatic rings. The van der Waals surface area contributed by atoms with Crippen LogP contribution >= 0.6 is 12.4 Å². The SMILES string of the molecule is CN(CC(O)COc1ccccc1C(F)(F)F)C(=O)C1(N)CCCC1.Cl. The van der Waals surface area contributed by atoms with E-state index in [9.17, 15) is 23.1 Å². The maximum Gasteiger partial charge on any atom is 0.419 e. The Labute approximate surface area is 156 Å². The third-order valence-electron chi connectivity index (χ3n) is 4.38. The molecule has 0 heterocycles. The molecule has 1 unspecified atom stereocenters. The van der Waals surface area contributed by atoms with Crippen LogP contribution in [0.5, 0.6) is 5.75 Å². The van der Waals surface area contributed by atoms with E-state index < -0.39 is 23.4 Å². The van der Waals surface area contributed by atoms with Gasteiger partial charge in [-0.15, -0.1) is 12.4 Å². The zero-order chi connectivity index (χ0) is 18.7. The maximum absolute atomic E-state index is 12.9. The first-order valence-electron chi connectivity index (χ1n) is 8.15. The van der Waals surface area contributed by atoms with Gasteiger partial charge in [0, 0.05) is 13.6 Å². The van der Waals surface area contributed by atoms with Crippen LogP contribution in [0.4, 0.5) is 13.2 Å². The van der Waals surface area contributed by atoms with E-state index in [0.717, 1.165) is 18.9 Å². The number of ether oxygens (including phenoxy) is 1. The Balaban J connectivity index is 0.00000338. The van der Waals surface area contributed by atoms with Crippen LogP contribution in [0.1, 0.15) is 31.2 Å². The lowest BCUT2D eigenvalue weighted by molar-refractivity contribution is -0.139. The molecule has 0 aliphatic heterocycles. The van der Waals surface area contributed by atoms with Crippen LogP contribution in [0.3, 0.4) is 0 Å². The molecule has 1 aliphatic rings. The normalized spacial score (nSPS) is 17.3. The molecule has 3 N–H and O–H groups in total. The van der Waals surface area contributed by atoms with Gasteiger partial charge in [0.2, 0.25) is 5.91 Å². The van der Waals surface area contributed by atoms with Gasteiger partial charge >= 0.3 is 6.18 Å². The summed E-state index contributed by atoms with van der Waals surface area (Å²) in [6, 6.07) is 4.79. The summed E-state index contributed by atoms with van der Waals surface area (Å²) < 4.78 is 43.8. The average molecular weight is 397 g/mol. The molecule has 1 aromatic carbocycles. The Hall–Kier alpha value is -1.51. The number of likely N-dealkylation sites (N-methyl/N-ethyl adjacent to an activating group) is 1. The number of halogens is 4. The number of alkyl halides is 3. The van der Waals surface area contributed by atoms with E-state index in [-0.39, 0.29) is 37.2 Å². The van der Waals surface area contributed by atoms with Gasteiger partial charge in [-0.25, -0.2) is 0 Å². The second-order valence-corrected chi connectivity index (χ2v) is 6.51. The van der Waals surface area contributed by atoms with Crippen molar-refractivity contribution in [2.75, 3.05) is 20.2 Å². The van der Waals surface area contributed by atoms with Gasteiger partial charge in [-0.05, 0) is 25.0 Å². The Morgan fingerprint density at radius 2 is 1.92 bits per heavy atom. The van der Waals surface area contributed by atoms with E-state index in [1.54, 1.807) is 0 Å². The smallest absolute Gasteiger partial charge is 0.419 e. The first kappa shape index (κ1) is 22.5. The maximum atomic E-state index is 12.9. The van der Waals surface area contributed by atoms with Gasteiger partial charge < -0.3 is 20.5 Å². The highest BCUT2D eigenvalue weighted by Crippen LogP contribution is 2.36. The fourth-order valence-electron chi connectivity index (χ4n) is 3.06. The van der Waals surface area contributed by atoms with Crippen molar-refractivity contribution in [3.05, 3.63) is 29.8 Å². The van der Waals surface area contributed by atoms with Gasteiger partial charge in [-0.1, -0.05) is 25.0 Å². The molecular formula is C17H24ClF3N2O3. The molecule has 1 saturated carbocycles. The van der Waals surface area contributed by atoms with Gasteiger partial charge in [-0.2, -0.15) is 13.2 Å². The topological polar surface area (TPSA) is 75.8 Å². The Bertz CT molecular complexity index is 607. The van der Waals surface area contributed by atoms with Crippen molar-refractivity contribution in [2.24, 2.45) is 5.73 Å². The molecule has 0 bridgehead atoms. The van der Waals surface area contributed by atoms with Crippen LogP contribution in [0, 0.1) is 0 Å². The summed E-state index contributed by atoms with van der Waals surface area (Å²) in [7, 11) is 1.52. The number of benzene rings is 1. The number of aliphatic hydroxyl groups excluding tert-OH is 1. The Morgan fingerprint density at radius 1 is 1.35 bits per heavy atom. The van der Waals surface area contributed by atoms with Crippen LogP contribution < -0.4 is 10.5 Å². The average Bonchev–Trinajstić information content (AvgIpc) is 2.99. The molecular weight excluding hydrogens is 373 g/mol. The van der Waals surface area contributed by atoms with Crippen LogP contribution in [-0.2, 0) is 11.0 Å². The van der Waals surface area contributed by atoms with Crippen molar-refractivity contribution >= 4 is 18.3 Å². The largest absolute Gasteiger partial charge is 0.490 e. The molecule has 0 spiro atoms. The monoisotopic (exact) mass is 396 g/mol. The summed E-state index contributed by atoms with van der Waals surface area (Å²) in [4.78, 5) is 13.7. The molecule has 2 rings (SSSR count). The lowest BCUT2D eigenvalue weighted by atomic mass is 9.97. The zero-order valence-electron chi connectivity index (χ0n) is 14.5. The predicted molar refractivity (Wildman–Crippen MR) is 93.2 cm³/mol. The summed E-state index contributed by atoms with van der Waals surface area (Å²) in [6.07, 6.45) is -2.70. The Kier molecular flexibility index (Phi) is 7.73. The highest BCUT2D eigenvalue weighted by molar-refractivity contribution is 5.86. The fourth-order valence-corrected chi connectivity index (χ4v) is 3.06. The van der Waals surface area contributed by atoms with Crippen molar-refractivity contribution in [1.29, 1.82) is 0 Å².